The monoisotopic (exact) mass is 231 g/mol. The van der Waals surface area contributed by atoms with Gasteiger partial charge in [-0.2, -0.15) is 0 Å². The third-order valence-corrected chi connectivity index (χ3v) is 4.15. The Morgan fingerprint density at radius 2 is 1.88 bits per heavy atom. The van der Waals surface area contributed by atoms with Crippen LogP contribution in [-0.4, -0.2) is 29.2 Å². The van der Waals surface area contributed by atoms with E-state index in [1.807, 2.05) is 0 Å². The van der Waals surface area contributed by atoms with Crippen molar-refractivity contribution < 1.29 is 5.11 Å². The second-order valence-corrected chi connectivity index (χ2v) is 5.60. The number of likely N-dealkylation sites (tertiary alicyclic amines) is 1. The van der Waals surface area contributed by atoms with E-state index >= 15 is 0 Å². The van der Waals surface area contributed by atoms with Gasteiger partial charge in [0.1, 0.15) is 0 Å². The molecule has 1 heterocycles. The lowest BCUT2D eigenvalue weighted by atomic mass is 9.98. The lowest BCUT2D eigenvalue weighted by Gasteiger charge is -2.19. The zero-order chi connectivity index (χ0) is 11.7. The Kier molecular flexibility index (Phi) is 3.17. The van der Waals surface area contributed by atoms with Gasteiger partial charge in [-0.15, -0.1) is 0 Å². The van der Waals surface area contributed by atoms with Crippen LogP contribution in [0.3, 0.4) is 0 Å². The second kappa shape index (κ2) is 4.79. The molecule has 2 heteroatoms. The van der Waals surface area contributed by atoms with Crippen molar-refractivity contribution in [3.05, 3.63) is 35.9 Å². The van der Waals surface area contributed by atoms with E-state index in [0.29, 0.717) is 11.8 Å². The molecule has 1 aliphatic heterocycles. The van der Waals surface area contributed by atoms with Crippen LogP contribution in [0.15, 0.2) is 30.3 Å². The van der Waals surface area contributed by atoms with Crippen molar-refractivity contribution in [3.63, 3.8) is 0 Å². The molecule has 1 saturated carbocycles. The van der Waals surface area contributed by atoms with Gasteiger partial charge in [-0.25, -0.2) is 0 Å². The minimum Gasteiger partial charge on any atom is -0.393 e. The van der Waals surface area contributed by atoms with Crippen LogP contribution in [0.1, 0.15) is 24.8 Å². The summed E-state index contributed by atoms with van der Waals surface area (Å²) >= 11 is 0. The topological polar surface area (TPSA) is 23.5 Å². The molecular weight excluding hydrogens is 210 g/mol. The Morgan fingerprint density at radius 3 is 2.59 bits per heavy atom. The predicted octanol–water partition coefficient (Wildman–Crippen LogP) is 2.28. The van der Waals surface area contributed by atoms with Crippen LogP contribution in [0.2, 0.25) is 0 Å². The van der Waals surface area contributed by atoms with E-state index in [0.717, 1.165) is 19.6 Å². The maximum atomic E-state index is 10.1. The largest absolute Gasteiger partial charge is 0.393 e. The van der Waals surface area contributed by atoms with Crippen molar-refractivity contribution in [2.24, 2.45) is 11.8 Å². The van der Waals surface area contributed by atoms with E-state index in [9.17, 15) is 5.11 Å². The molecule has 2 nitrogen and oxygen atoms in total. The predicted molar refractivity (Wildman–Crippen MR) is 68.6 cm³/mol. The molecule has 1 N–H and O–H groups in total. The summed E-state index contributed by atoms with van der Waals surface area (Å²) in [7, 11) is 0. The van der Waals surface area contributed by atoms with Crippen molar-refractivity contribution in [2.45, 2.75) is 31.9 Å². The number of aliphatic hydroxyl groups is 1. The van der Waals surface area contributed by atoms with Gasteiger partial charge < -0.3 is 5.11 Å². The fourth-order valence-electron chi connectivity index (χ4n) is 2.95. The normalized spacial score (nSPS) is 27.2. The molecule has 3 rings (SSSR count). The van der Waals surface area contributed by atoms with E-state index in [1.54, 1.807) is 0 Å². The Morgan fingerprint density at radius 1 is 1.12 bits per heavy atom. The number of benzene rings is 1. The molecule has 2 unspecified atom stereocenters. The smallest absolute Gasteiger partial charge is 0.0609 e. The lowest BCUT2D eigenvalue weighted by Crippen LogP contribution is -2.26. The van der Waals surface area contributed by atoms with Gasteiger partial charge in [0, 0.05) is 13.1 Å². The molecular formula is C15H21NO. The summed E-state index contributed by atoms with van der Waals surface area (Å²) in [6, 6.07) is 10.6. The highest BCUT2D eigenvalue weighted by Gasteiger charge is 2.38. The van der Waals surface area contributed by atoms with E-state index in [1.165, 1.54) is 24.8 Å². The van der Waals surface area contributed by atoms with E-state index in [4.69, 9.17) is 0 Å². The van der Waals surface area contributed by atoms with Gasteiger partial charge in [-0.1, -0.05) is 30.3 Å². The molecule has 1 saturated heterocycles. The summed E-state index contributed by atoms with van der Waals surface area (Å²) in [5.41, 5.74) is 1.38. The minimum absolute atomic E-state index is 0.0317. The van der Waals surface area contributed by atoms with Crippen LogP contribution >= 0.6 is 0 Å². The maximum absolute atomic E-state index is 10.1. The summed E-state index contributed by atoms with van der Waals surface area (Å²) in [6.45, 7) is 3.25. The SMILES string of the molecule is OC(C1CC1)C1CCN(Cc2ccccc2)C1. The minimum atomic E-state index is -0.0317. The first kappa shape index (κ1) is 11.2. The molecule has 2 atom stereocenters. The molecule has 17 heavy (non-hydrogen) atoms. The molecule has 1 aliphatic carbocycles. The van der Waals surface area contributed by atoms with Gasteiger partial charge in [0.2, 0.25) is 0 Å². The van der Waals surface area contributed by atoms with Crippen molar-refractivity contribution in [3.8, 4) is 0 Å². The molecule has 0 radical (unpaired) electrons. The molecule has 0 bridgehead atoms. The quantitative estimate of drug-likeness (QED) is 0.859. The third-order valence-electron chi connectivity index (χ3n) is 4.15. The summed E-state index contributed by atoms with van der Waals surface area (Å²) in [5.74, 6) is 1.14. The van der Waals surface area contributed by atoms with Gasteiger partial charge in [-0.3, -0.25) is 4.90 Å². The van der Waals surface area contributed by atoms with E-state index < -0.39 is 0 Å². The third kappa shape index (κ3) is 2.70. The molecule has 0 spiro atoms. The Labute approximate surface area is 103 Å². The number of hydrogen-bond donors (Lipinski definition) is 1. The van der Waals surface area contributed by atoms with Crippen LogP contribution in [0, 0.1) is 11.8 Å². The summed E-state index contributed by atoms with van der Waals surface area (Å²) in [5, 5.41) is 10.1. The number of hydrogen-bond acceptors (Lipinski definition) is 2. The average molecular weight is 231 g/mol. The molecule has 2 aliphatic rings. The summed E-state index contributed by atoms with van der Waals surface area (Å²) < 4.78 is 0. The molecule has 92 valence electrons. The molecule has 1 aromatic carbocycles. The van der Waals surface area contributed by atoms with Crippen molar-refractivity contribution in [1.82, 2.24) is 4.90 Å². The van der Waals surface area contributed by atoms with Crippen molar-refractivity contribution in [1.29, 1.82) is 0 Å². The fraction of sp³-hybridized carbons (Fsp3) is 0.600. The van der Waals surface area contributed by atoms with Crippen LogP contribution in [0.5, 0.6) is 0 Å². The van der Waals surface area contributed by atoms with Crippen LogP contribution in [0.25, 0.3) is 0 Å². The zero-order valence-electron chi connectivity index (χ0n) is 10.3. The fourth-order valence-corrected chi connectivity index (χ4v) is 2.95. The van der Waals surface area contributed by atoms with Gasteiger partial charge >= 0.3 is 0 Å². The molecule has 2 fully saturated rings. The highest BCUT2D eigenvalue weighted by Crippen LogP contribution is 2.38. The number of nitrogens with zero attached hydrogens (tertiary/aromatic N) is 1. The van der Waals surface area contributed by atoms with Gasteiger partial charge in [0.15, 0.2) is 0 Å². The van der Waals surface area contributed by atoms with Gasteiger partial charge in [-0.05, 0) is 43.2 Å². The number of rotatable bonds is 4. The zero-order valence-corrected chi connectivity index (χ0v) is 10.3. The molecule has 1 aromatic rings. The van der Waals surface area contributed by atoms with Crippen molar-refractivity contribution in [2.75, 3.05) is 13.1 Å². The average Bonchev–Trinajstić information content (AvgIpc) is 3.11. The standard InChI is InChI=1S/C15H21NO/c17-15(13-6-7-13)14-8-9-16(11-14)10-12-4-2-1-3-5-12/h1-5,13-15,17H,6-11H2. The summed E-state index contributed by atoms with van der Waals surface area (Å²) in [6.07, 6.45) is 3.63. The Balaban J connectivity index is 1.53. The van der Waals surface area contributed by atoms with Crippen LogP contribution in [0.4, 0.5) is 0 Å². The van der Waals surface area contributed by atoms with Crippen LogP contribution in [-0.2, 0) is 6.54 Å². The first-order valence-electron chi connectivity index (χ1n) is 6.77. The van der Waals surface area contributed by atoms with E-state index in [-0.39, 0.29) is 6.10 Å². The first-order chi connectivity index (χ1) is 8.33. The van der Waals surface area contributed by atoms with Crippen LogP contribution < -0.4 is 0 Å². The Bertz CT molecular complexity index is 360. The number of aliphatic hydroxyl groups excluding tert-OH is 1. The first-order valence-corrected chi connectivity index (χ1v) is 6.77. The Hall–Kier alpha value is -0.860. The highest BCUT2D eigenvalue weighted by molar-refractivity contribution is 5.14. The highest BCUT2D eigenvalue weighted by atomic mass is 16.3. The van der Waals surface area contributed by atoms with Crippen molar-refractivity contribution >= 4 is 0 Å². The molecule has 0 amide bonds. The lowest BCUT2D eigenvalue weighted by molar-refractivity contribution is 0.0889. The van der Waals surface area contributed by atoms with Gasteiger partial charge in [0.25, 0.3) is 0 Å². The van der Waals surface area contributed by atoms with Gasteiger partial charge in [0.05, 0.1) is 6.10 Å². The molecule has 0 aromatic heterocycles. The summed E-state index contributed by atoms with van der Waals surface area (Å²) in [4.78, 5) is 2.48. The second-order valence-electron chi connectivity index (χ2n) is 5.60. The van der Waals surface area contributed by atoms with E-state index in [2.05, 4.69) is 35.2 Å². The maximum Gasteiger partial charge on any atom is 0.0609 e.